The van der Waals surface area contributed by atoms with Crippen molar-refractivity contribution < 1.29 is 9.15 Å². The third kappa shape index (κ3) is 4.00. The third-order valence-electron chi connectivity index (χ3n) is 2.46. The first-order valence-electron chi connectivity index (χ1n) is 5.87. The summed E-state index contributed by atoms with van der Waals surface area (Å²) in [6.07, 6.45) is 7.37. The summed E-state index contributed by atoms with van der Waals surface area (Å²) in [5, 5.41) is 0. The van der Waals surface area contributed by atoms with E-state index in [0.29, 0.717) is 11.5 Å². The summed E-state index contributed by atoms with van der Waals surface area (Å²) in [7, 11) is 1.51. The first kappa shape index (κ1) is 12.9. The molecule has 1 heterocycles. The van der Waals surface area contributed by atoms with E-state index in [1.54, 1.807) is 12.1 Å². The number of rotatable bonds is 4. The van der Waals surface area contributed by atoms with Gasteiger partial charge in [0.2, 0.25) is 0 Å². The van der Waals surface area contributed by atoms with Gasteiger partial charge in [0.1, 0.15) is 11.5 Å². The van der Waals surface area contributed by atoms with E-state index < -0.39 is 5.63 Å². The molecular weight excluding hydrogens is 240 g/mol. The van der Waals surface area contributed by atoms with Gasteiger partial charge in [0.25, 0.3) is 0 Å². The lowest BCUT2D eigenvalue weighted by molar-refractivity contribution is 0.400. The molecule has 3 heteroatoms. The summed E-state index contributed by atoms with van der Waals surface area (Å²) in [6.45, 7) is 0. The van der Waals surface area contributed by atoms with Crippen LogP contribution < -0.4 is 10.4 Å². The van der Waals surface area contributed by atoms with E-state index >= 15 is 0 Å². The topological polar surface area (TPSA) is 39.4 Å². The standard InChI is InChI=1S/C16H14O3/c1-18-15-11-14(19-16(17)12-15)10-6-5-9-13-7-3-2-4-8-13/h2-12H,1H3/b9-5+,10-6+. The van der Waals surface area contributed by atoms with Crippen LogP contribution in [0.1, 0.15) is 11.3 Å². The molecule has 96 valence electrons. The third-order valence-corrected chi connectivity index (χ3v) is 2.46. The minimum absolute atomic E-state index is 0.425. The van der Waals surface area contributed by atoms with Crippen LogP contribution in [0.2, 0.25) is 0 Å². The van der Waals surface area contributed by atoms with Crippen LogP contribution in [0.3, 0.4) is 0 Å². The first-order chi connectivity index (χ1) is 9.28. The van der Waals surface area contributed by atoms with Crippen LogP contribution in [0.4, 0.5) is 0 Å². The zero-order valence-corrected chi connectivity index (χ0v) is 10.6. The Labute approximate surface area is 111 Å². The van der Waals surface area contributed by atoms with Gasteiger partial charge in [-0.3, -0.25) is 0 Å². The molecule has 0 aliphatic heterocycles. The van der Waals surface area contributed by atoms with Gasteiger partial charge in [-0.05, 0) is 11.6 Å². The molecule has 0 saturated heterocycles. The largest absolute Gasteiger partial charge is 0.496 e. The van der Waals surface area contributed by atoms with Gasteiger partial charge >= 0.3 is 5.63 Å². The average molecular weight is 254 g/mol. The van der Waals surface area contributed by atoms with E-state index in [1.165, 1.54) is 13.2 Å². The molecule has 2 rings (SSSR count). The van der Waals surface area contributed by atoms with Crippen molar-refractivity contribution in [2.75, 3.05) is 7.11 Å². The number of hydrogen-bond donors (Lipinski definition) is 0. The van der Waals surface area contributed by atoms with Gasteiger partial charge in [0.15, 0.2) is 0 Å². The molecule has 0 fully saturated rings. The van der Waals surface area contributed by atoms with Gasteiger partial charge in [0, 0.05) is 6.07 Å². The summed E-state index contributed by atoms with van der Waals surface area (Å²) in [5.41, 5.74) is 0.685. The molecule has 0 aliphatic rings. The van der Waals surface area contributed by atoms with Gasteiger partial charge < -0.3 is 9.15 Å². The summed E-state index contributed by atoms with van der Waals surface area (Å²) >= 11 is 0. The highest BCUT2D eigenvalue weighted by Crippen LogP contribution is 2.11. The van der Waals surface area contributed by atoms with Gasteiger partial charge in [-0.2, -0.15) is 0 Å². The van der Waals surface area contributed by atoms with Crippen molar-refractivity contribution in [3.63, 3.8) is 0 Å². The molecule has 1 aromatic heterocycles. The number of methoxy groups -OCH3 is 1. The van der Waals surface area contributed by atoms with Crippen molar-refractivity contribution in [3.8, 4) is 5.75 Å². The van der Waals surface area contributed by atoms with Crippen LogP contribution in [0.5, 0.6) is 5.75 Å². The maximum absolute atomic E-state index is 11.2. The number of ether oxygens (including phenoxy) is 1. The minimum Gasteiger partial charge on any atom is -0.496 e. The summed E-state index contributed by atoms with van der Waals surface area (Å²) < 4.78 is 10.0. The van der Waals surface area contributed by atoms with Crippen molar-refractivity contribution in [2.45, 2.75) is 0 Å². The van der Waals surface area contributed by atoms with Crippen molar-refractivity contribution in [2.24, 2.45) is 0 Å². The lowest BCUT2D eigenvalue weighted by Crippen LogP contribution is -1.98. The molecule has 0 radical (unpaired) electrons. The Balaban J connectivity index is 2.09. The molecule has 0 N–H and O–H groups in total. The maximum Gasteiger partial charge on any atom is 0.339 e. The van der Waals surface area contributed by atoms with E-state index in [9.17, 15) is 4.79 Å². The van der Waals surface area contributed by atoms with Gasteiger partial charge in [-0.25, -0.2) is 4.79 Å². The van der Waals surface area contributed by atoms with E-state index in [-0.39, 0.29) is 0 Å². The summed E-state index contributed by atoms with van der Waals surface area (Å²) in [5.74, 6) is 0.949. The van der Waals surface area contributed by atoms with E-state index in [2.05, 4.69) is 0 Å². The average Bonchev–Trinajstić information content (AvgIpc) is 2.44. The molecule has 0 aliphatic carbocycles. The maximum atomic E-state index is 11.2. The highest BCUT2D eigenvalue weighted by atomic mass is 16.5. The predicted molar refractivity (Wildman–Crippen MR) is 76.0 cm³/mol. The Morgan fingerprint density at radius 3 is 2.53 bits per heavy atom. The smallest absolute Gasteiger partial charge is 0.339 e. The highest BCUT2D eigenvalue weighted by molar-refractivity contribution is 5.55. The molecular formula is C16H14O3. The molecule has 0 atom stereocenters. The fourth-order valence-corrected chi connectivity index (χ4v) is 1.55. The van der Waals surface area contributed by atoms with Crippen LogP contribution in [0, 0.1) is 0 Å². The minimum atomic E-state index is -0.425. The van der Waals surface area contributed by atoms with Crippen molar-refractivity contribution in [1.29, 1.82) is 0 Å². The highest BCUT2D eigenvalue weighted by Gasteiger charge is 1.97. The Morgan fingerprint density at radius 1 is 1.05 bits per heavy atom. The van der Waals surface area contributed by atoms with Crippen LogP contribution in [-0.2, 0) is 0 Å². The fraction of sp³-hybridized carbons (Fsp3) is 0.0625. The second-order valence-electron chi connectivity index (χ2n) is 3.85. The normalized spacial score (nSPS) is 11.2. The Morgan fingerprint density at radius 2 is 1.79 bits per heavy atom. The molecule has 0 spiro atoms. The van der Waals surface area contributed by atoms with Crippen molar-refractivity contribution in [1.82, 2.24) is 0 Å². The number of benzene rings is 1. The van der Waals surface area contributed by atoms with Crippen LogP contribution >= 0.6 is 0 Å². The van der Waals surface area contributed by atoms with Crippen LogP contribution in [0.15, 0.2) is 63.8 Å². The van der Waals surface area contributed by atoms with Crippen LogP contribution in [-0.4, -0.2) is 7.11 Å². The Hall–Kier alpha value is -2.55. The molecule has 0 saturated carbocycles. The Kier molecular flexibility index (Phi) is 4.34. The van der Waals surface area contributed by atoms with E-state index in [0.717, 1.165) is 5.56 Å². The van der Waals surface area contributed by atoms with Crippen molar-refractivity contribution >= 4 is 12.2 Å². The lowest BCUT2D eigenvalue weighted by Gasteiger charge is -1.98. The van der Waals surface area contributed by atoms with E-state index in [4.69, 9.17) is 9.15 Å². The van der Waals surface area contributed by atoms with Gasteiger partial charge in [-0.1, -0.05) is 48.6 Å². The lowest BCUT2D eigenvalue weighted by atomic mass is 10.2. The van der Waals surface area contributed by atoms with Crippen LogP contribution in [0.25, 0.3) is 12.2 Å². The van der Waals surface area contributed by atoms with Gasteiger partial charge in [0.05, 0.1) is 13.2 Å². The SMILES string of the molecule is COc1cc(/C=C/C=C/c2ccccc2)oc(=O)c1. The second kappa shape index (κ2) is 6.40. The summed E-state index contributed by atoms with van der Waals surface area (Å²) in [6, 6.07) is 12.9. The summed E-state index contributed by atoms with van der Waals surface area (Å²) in [4.78, 5) is 11.2. The quantitative estimate of drug-likeness (QED) is 0.785. The predicted octanol–water partition coefficient (Wildman–Crippen LogP) is 3.38. The second-order valence-corrected chi connectivity index (χ2v) is 3.85. The molecule has 0 unspecified atom stereocenters. The van der Waals surface area contributed by atoms with Crippen molar-refractivity contribution in [3.05, 3.63) is 76.4 Å². The zero-order valence-electron chi connectivity index (χ0n) is 10.6. The first-order valence-corrected chi connectivity index (χ1v) is 5.87. The van der Waals surface area contributed by atoms with E-state index in [1.807, 2.05) is 48.6 Å². The molecule has 0 amide bonds. The molecule has 3 nitrogen and oxygen atoms in total. The monoisotopic (exact) mass is 254 g/mol. The fourth-order valence-electron chi connectivity index (χ4n) is 1.55. The number of allylic oxidation sites excluding steroid dienone is 2. The molecule has 19 heavy (non-hydrogen) atoms. The van der Waals surface area contributed by atoms with Gasteiger partial charge in [-0.15, -0.1) is 0 Å². The zero-order chi connectivity index (χ0) is 13.5. The molecule has 0 bridgehead atoms. The number of hydrogen-bond acceptors (Lipinski definition) is 3. The molecule has 1 aromatic carbocycles. The Bertz CT molecular complexity index is 637. The molecule has 2 aromatic rings.